The van der Waals surface area contributed by atoms with E-state index >= 15 is 0 Å². The molecule has 0 spiro atoms. The number of ether oxygens (including phenoxy) is 2. The molecule has 9 nitrogen and oxygen atoms in total. The zero-order valence-electron chi connectivity index (χ0n) is 15.4. The van der Waals surface area contributed by atoms with Gasteiger partial charge in [-0.05, 0) is 24.3 Å². The molecule has 2 heterocycles. The minimum Gasteiger partial charge on any atom is -0.479 e. The van der Waals surface area contributed by atoms with Gasteiger partial charge in [-0.2, -0.15) is 0 Å². The van der Waals surface area contributed by atoms with Crippen molar-refractivity contribution < 1.29 is 19.1 Å². The number of benzene rings is 1. The zero-order valence-corrected chi connectivity index (χ0v) is 15.4. The molecule has 9 heteroatoms. The Hall–Kier alpha value is -3.07. The lowest BCUT2D eigenvalue weighted by molar-refractivity contribution is -0.115. The highest BCUT2D eigenvalue weighted by Crippen LogP contribution is 2.19. The normalized spacial score (nSPS) is 13.9. The van der Waals surface area contributed by atoms with Crippen molar-refractivity contribution in [3.63, 3.8) is 0 Å². The first-order valence-corrected chi connectivity index (χ1v) is 8.65. The van der Waals surface area contributed by atoms with Gasteiger partial charge in [0, 0.05) is 37.7 Å². The van der Waals surface area contributed by atoms with Crippen LogP contribution in [0.4, 0.5) is 11.4 Å². The van der Waals surface area contributed by atoms with Gasteiger partial charge >= 0.3 is 0 Å². The molecule has 0 aliphatic carbocycles. The number of hydrogen-bond acceptors (Lipinski definition) is 6. The summed E-state index contributed by atoms with van der Waals surface area (Å²) in [5, 5.41) is 9.34. The predicted molar refractivity (Wildman–Crippen MR) is 100 cm³/mol. The second-order valence-corrected chi connectivity index (χ2v) is 6.10. The summed E-state index contributed by atoms with van der Waals surface area (Å²) in [6.45, 7) is 3.01. The Bertz CT molecular complexity index is 797. The maximum Gasteiger partial charge on any atom is 0.258 e. The Balaban J connectivity index is 1.50. The molecule has 1 aliphatic rings. The number of anilines is 2. The molecule has 0 radical (unpaired) electrons. The van der Waals surface area contributed by atoms with E-state index in [1.807, 2.05) is 24.3 Å². The predicted octanol–water partition coefficient (Wildman–Crippen LogP) is 0.634. The number of nitrogens with zero attached hydrogens (tertiary/aromatic N) is 3. The second kappa shape index (κ2) is 8.54. The topological polar surface area (TPSA) is 97.7 Å². The number of methoxy groups -OCH3 is 1. The summed E-state index contributed by atoms with van der Waals surface area (Å²) in [6.07, 6.45) is 1.54. The minimum atomic E-state index is -0.419. The lowest BCUT2D eigenvalue weighted by Crippen LogP contribution is -2.36. The quantitative estimate of drug-likeness (QED) is 0.771. The number of aromatic nitrogens is 2. The van der Waals surface area contributed by atoms with Gasteiger partial charge in [0.2, 0.25) is 11.8 Å². The molecule has 0 bridgehead atoms. The van der Waals surface area contributed by atoms with Crippen LogP contribution in [0.2, 0.25) is 0 Å². The van der Waals surface area contributed by atoms with Gasteiger partial charge in [-0.25, -0.2) is 0 Å². The van der Waals surface area contributed by atoms with Crippen LogP contribution in [-0.4, -0.2) is 61.6 Å². The molecule has 1 saturated heterocycles. The number of nitrogens with one attached hydrogen (secondary N) is 2. The van der Waals surface area contributed by atoms with Crippen molar-refractivity contribution in [1.29, 1.82) is 0 Å². The maximum atomic E-state index is 12.2. The fourth-order valence-corrected chi connectivity index (χ4v) is 2.81. The van der Waals surface area contributed by atoms with Crippen LogP contribution in [0.3, 0.4) is 0 Å². The number of carbonyl (C=O) groups excluding carboxylic acids is 2. The Morgan fingerprint density at radius 2 is 1.93 bits per heavy atom. The van der Waals surface area contributed by atoms with Crippen molar-refractivity contribution >= 4 is 23.2 Å². The first-order chi connectivity index (χ1) is 13.1. The molecular formula is C18H23N5O4. The number of carbonyl (C=O) groups is 2. The average molecular weight is 373 g/mol. The molecule has 1 fully saturated rings. The Morgan fingerprint density at radius 3 is 2.59 bits per heavy atom. The Labute approximate surface area is 157 Å². The van der Waals surface area contributed by atoms with E-state index in [1.54, 1.807) is 7.05 Å². The second-order valence-electron chi connectivity index (χ2n) is 6.10. The van der Waals surface area contributed by atoms with Crippen LogP contribution in [-0.2, 0) is 16.6 Å². The highest BCUT2D eigenvalue weighted by Gasteiger charge is 2.17. The molecule has 2 amide bonds. The lowest BCUT2D eigenvalue weighted by atomic mass is 10.2. The van der Waals surface area contributed by atoms with Gasteiger partial charge in [-0.1, -0.05) is 0 Å². The molecule has 27 heavy (non-hydrogen) atoms. The smallest absolute Gasteiger partial charge is 0.258 e. The van der Waals surface area contributed by atoms with E-state index in [9.17, 15) is 9.59 Å². The summed E-state index contributed by atoms with van der Waals surface area (Å²) in [4.78, 5) is 26.5. The van der Waals surface area contributed by atoms with E-state index in [0.29, 0.717) is 5.69 Å². The molecule has 1 aromatic heterocycles. The molecule has 144 valence electrons. The summed E-state index contributed by atoms with van der Waals surface area (Å²) in [7, 11) is 3.12. The van der Waals surface area contributed by atoms with E-state index in [1.165, 1.54) is 18.0 Å². The van der Waals surface area contributed by atoms with Crippen molar-refractivity contribution in [2.24, 2.45) is 7.05 Å². The third-order valence-corrected chi connectivity index (χ3v) is 4.17. The first-order valence-electron chi connectivity index (χ1n) is 8.65. The highest BCUT2D eigenvalue weighted by molar-refractivity contribution is 6.00. The summed E-state index contributed by atoms with van der Waals surface area (Å²) in [5.74, 6) is -0.516. The lowest BCUT2D eigenvalue weighted by Gasteiger charge is -2.28. The van der Waals surface area contributed by atoms with Crippen molar-refractivity contribution in [2.75, 3.05) is 50.2 Å². The van der Waals surface area contributed by atoms with Crippen LogP contribution in [0.15, 0.2) is 30.5 Å². The van der Waals surface area contributed by atoms with Crippen LogP contribution >= 0.6 is 0 Å². The molecule has 1 aromatic carbocycles. The number of amides is 2. The standard InChI is InChI=1S/C18H23N5O4/c1-22-12-15(18(21-22)26-2)17(25)19-11-16(24)20-13-3-5-14(6-4-13)23-7-9-27-10-8-23/h3-6,12H,7-11H2,1-2H3,(H,19,25)(H,20,24). The zero-order chi connectivity index (χ0) is 19.2. The van der Waals surface area contributed by atoms with Gasteiger partial charge in [-0.3, -0.25) is 14.3 Å². The molecule has 0 saturated carbocycles. The van der Waals surface area contributed by atoms with E-state index in [0.717, 1.165) is 32.0 Å². The van der Waals surface area contributed by atoms with Gasteiger partial charge in [0.15, 0.2) is 0 Å². The van der Waals surface area contributed by atoms with Crippen LogP contribution < -0.4 is 20.3 Å². The molecule has 1 aliphatic heterocycles. The van der Waals surface area contributed by atoms with Gasteiger partial charge in [0.1, 0.15) is 5.56 Å². The first kappa shape index (κ1) is 18.7. The van der Waals surface area contributed by atoms with E-state index in [4.69, 9.17) is 9.47 Å². The van der Waals surface area contributed by atoms with Crippen molar-refractivity contribution in [2.45, 2.75) is 0 Å². The van der Waals surface area contributed by atoms with Gasteiger partial charge in [0.05, 0.1) is 26.9 Å². The van der Waals surface area contributed by atoms with E-state index < -0.39 is 5.91 Å². The summed E-state index contributed by atoms with van der Waals surface area (Å²) in [6, 6.07) is 7.60. The monoisotopic (exact) mass is 373 g/mol. The fourth-order valence-electron chi connectivity index (χ4n) is 2.81. The Morgan fingerprint density at radius 1 is 1.22 bits per heavy atom. The van der Waals surface area contributed by atoms with Crippen molar-refractivity contribution in [3.8, 4) is 5.88 Å². The molecule has 2 N–H and O–H groups in total. The van der Waals surface area contributed by atoms with Crippen molar-refractivity contribution in [3.05, 3.63) is 36.0 Å². The number of aryl methyl sites for hydroxylation is 1. The van der Waals surface area contributed by atoms with E-state index in [-0.39, 0.29) is 23.9 Å². The van der Waals surface area contributed by atoms with Crippen LogP contribution in [0.1, 0.15) is 10.4 Å². The molecule has 0 atom stereocenters. The summed E-state index contributed by atoms with van der Waals surface area (Å²) in [5.41, 5.74) is 2.04. The molecule has 3 rings (SSSR count). The van der Waals surface area contributed by atoms with Gasteiger partial charge < -0.3 is 25.0 Å². The minimum absolute atomic E-state index is 0.151. The van der Waals surface area contributed by atoms with Crippen LogP contribution in [0.25, 0.3) is 0 Å². The SMILES string of the molecule is COc1nn(C)cc1C(=O)NCC(=O)Nc1ccc(N2CCOCC2)cc1. The molecular weight excluding hydrogens is 350 g/mol. The number of morpholine rings is 1. The van der Waals surface area contributed by atoms with Crippen LogP contribution in [0.5, 0.6) is 5.88 Å². The van der Waals surface area contributed by atoms with Gasteiger partial charge in [0.25, 0.3) is 5.91 Å². The fraction of sp³-hybridized carbons (Fsp3) is 0.389. The van der Waals surface area contributed by atoms with Gasteiger partial charge in [-0.15, -0.1) is 5.10 Å². The maximum absolute atomic E-state index is 12.2. The third-order valence-electron chi connectivity index (χ3n) is 4.17. The van der Waals surface area contributed by atoms with Crippen LogP contribution in [0, 0.1) is 0 Å². The molecule has 2 aromatic rings. The highest BCUT2D eigenvalue weighted by atomic mass is 16.5. The summed E-state index contributed by atoms with van der Waals surface area (Å²) >= 11 is 0. The van der Waals surface area contributed by atoms with Crippen molar-refractivity contribution in [1.82, 2.24) is 15.1 Å². The third kappa shape index (κ3) is 4.76. The number of hydrogen-bond donors (Lipinski definition) is 2. The Kier molecular flexibility index (Phi) is 5.92. The average Bonchev–Trinajstić information content (AvgIpc) is 3.08. The largest absolute Gasteiger partial charge is 0.479 e. The van der Waals surface area contributed by atoms with E-state index in [2.05, 4.69) is 20.6 Å². The number of rotatable bonds is 6. The summed E-state index contributed by atoms with van der Waals surface area (Å²) < 4.78 is 11.9. The molecule has 0 unspecified atom stereocenters.